The van der Waals surface area contributed by atoms with Crippen LogP contribution in [0.25, 0.3) is 0 Å². The normalized spacial score (nSPS) is 13.3. The first kappa shape index (κ1) is 20.9. The molecule has 0 bridgehead atoms. The van der Waals surface area contributed by atoms with Gasteiger partial charge in [0.25, 0.3) is 0 Å². The van der Waals surface area contributed by atoms with E-state index < -0.39 is 11.6 Å². The molecule has 1 aromatic carbocycles. The zero-order valence-corrected chi connectivity index (χ0v) is 15.5. The zero-order valence-electron chi connectivity index (χ0n) is 15.5. The number of amides is 1. The molecule has 25 heavy (non-hydrogen) atoms. The second-order valence-electron chi connectivity index (χ2n) is 6.94. The summed E-state index contributed by atoms with van der Waals surface area (Å²) >= 11 is 0. The van der Waals surface area contributed by atoms with Crippen LogP contribution in [-0.2, 0) is 4.79 Å². The molecule has 0 fully saturated rings. The van der Waals surface area contributed by atoms with Gasteiger partial charge in [0.1, 0.15) is 18.2 Å². The van der Waals surface area contributed by atoms with Crippen LogP contribution in [0.1, 0.15) is 46.1 Å². The van der Waals surface area contributed by atoms with Gasteiger partial charge in [-0.3, -0.25) is 4.79 Å². The van der Waals surface area contributed by atoms with E-state index in [1.807, 2.05) is 34.6 Å². The number of benzene rings is 1. The summed E-state index contributed by atoms with van der Waals surface area (Å²) in [6, 6.07) is 3.56. The molecule has 0 saturated heterocycles. The van der Waals surface area contributed by atoms with Crippen LogP contribution in [-0.4, -0.2) is 37.0 Å². The predicted molar refractivity (Wildman–Crippen MR) is 96.7 cm³/mol. The first-order valence-electron chi connectivity index (χ1n) is 8.40. The van der Waals surface area contributed by atoms with E-state index in [4.69, 9.17) is 0 Å². The van der Waals surface area contributed by atoms with Crippen LogP contribution in [0, 0.1) is 11.6 Å². The summed E-state index contributed by atoms with van der Waals surface area (Å²) in [4.78, 5) is 16.1. The Morgan fingerprint density at radius 1 is 1.24 bits per heavy atom. The van der Waals surface area contributed by atoms with Crippen molar-refractivity contribution in [3.63, 3.8) is 0 Å². The van der Waals surface area contributed by atoms with Crippen molar-refractivity contribution in [3.8, 4) is 0 Å². The van der Waals surface area contributed by atoms with Gasteiger partial charge >= 0.3 is 0 Å². The molecular weight excluding hydrogens is 326 g/mol. The summed E-state index contributed by atoms with van der Waals surface area (Å²) in [7, 11) is 0. The maximum absolute atomic E-state index is 13.8. The molecule has 0 aliphatic heterocycles. The molecule has 0 radical (unpaired) electrons. The molecule has 1 rings (SSSR count). The van der Waals surface area contributed by atoms with Crippen LogP contribution in [0.4, 0.5) is 8.78 Å². The number of nitrogens with one attached hydrogen (secondary N) is 3. The number of nitrogens with zero attached hydrogens (tertiary/aromatic N) is 1. The average molecular weight is 354 g/mol. The van der Waals surface area contributed by atoms with Gasteiger partial charge in [0.05, 0.1) is 0 Å². The number of rotatable bonds is 6. The second-order valence-corrected chi connectivity index (χ2v) is 6.94. The number of guanidine groups is 1. The minimum Gasteiger partial charge on any atom is -0.357 e. The highest BCUT2D eigenvalue weighted by Gasteiger charge is 2.14. The molecular formula is C18H28F2N4O. The lowest BCUT2D eigenvalue weighted by Gasteiger charge is -2.20. The SMILES string of the molecule is CCNC(=NCC(=O)NC(C)(C)C)NCC(C)c1ccc(F)cc1F. The molecule has 3 N–H and O–H groups in total. The highest BCUT2D eigenvalue weighted by atomic mass is 19.1. The number of carbonyl (C=O) groups is 1. The lowest BCUT2D eigenvalue weighted by molar-refractivity contribution is -0.121. The standard InChI is InChI=1S/C18H28F2N4O/c1-6-21-17(23-11-16(25)24-18(3,4)5)22-10-12(2)14-8-7-13(19)9-15(14)20/h7-9,12H,6,10-11H2,1-5H3,(H,24,25)(H2,21,22,23). The van der Waals surface area contributed by atoms with Gasteiger partial charge < -0.3 is 16.0 Å². The average Bonchev–Trinajstić information content (AvgIpc) is 2.48. The van der Waals surface area contributed by atoms with E-state index in [-0.39, 0.29) is 23.9 Å². The van der Waals surface area contributed by atoms with Gasteiger partial charge in [-0.25, -0.2) is 13.8 Å². The molecule has 1 amide bonds. The molecule has 5 nitrogen and oxygen atoms in total. The van der Waals surface area contributed by atoms with Crippen molar-refractivity contribution in [1.29, 1.82) is 0 Å². The molecule has 1 aromatic rings. The Balaban J connectivity index is 2.65. The second kappa shape index (κ2) is 9.34. The van der Waals surface area contributed by atoms with Crippen LogP contribution in [0.2, 0.25) is 0 Å². The van der Waals surface area contributed by atoms with Gasteiger partial charge in [0.2, 0.25) is 5.91 Å². The predicted octanol–water partition coefficient (Wildman–Crippen LogP) is 2.54. The lowest BCUT2D eigenvalue weighted by Crippen LogP contribution is -2.43. The fraction of sp³-hybridized carbons (Fsp3) is 0.556. The maximum atomic E-state index is 13.8. The minimum atomic E-state index is -0.596. The minimum absolute atomic E-state index is 0.00804. The Bertz CT molecular complexity index is 612. The van der Waals surface area contributed by atoms with E-state index in [9.17, 15) is 13.6 Å². The van der Waals surface area contributed by atoms with Crippen molar-refractivity contribution in [2.75, 3.05) is 19.6 Å². The topological polar surface area (TPSA) is 65.5 Å². The highest BCUT2D eigenvalue weighted by Crippen LogP contribution is 2.19. The molecule has 0 aliphatic carbocycles. The summed E-state index contributed by atoms with van der Waals surface area (Å²) in [5.74, 6) is -1.06. The van der Waals surface area contributed by atoms with E-state index in [1.54, 1.807) is 0 Å². The van der Waals surface area contributed by atoms with E-state index in [2.05, 4.69) is 20.9 Å². The fourth-order valence-electron chi connectivity index (χ4n) is 2.21. The number of aliphatic imine (C=N–C) groups is 1. The van der Waals surface area contributed by atoms with Gasteiger partial charge in [-0.2, -0.15) is 0 Å². The monoisotopic (exact) mass is 354 g/mol. The first-order valence-corrected chi connectivity index (χ1v) is 8.40. The van der Waals surface area contributed by atoms with Crippen molar-refractivity contribution < 1.29 is 13.6 Å². The third-order valence-electron chi connectivity index (χ3n) is 3.31. The van der Waals surface area contributed by atoms with Gasteiger partial charge in [0.15, 0.2) is 5.96 Å². The Morgan fingerprint density at radius 2 is 1.92 bits per heavy atom. The van der Waals surface area contributed by atoms with Crippen molar-refractivity contribution >= 4 is 11.9 Å². The van der Waals surface area contributed by atoms with Crippen molar-refractivity contribution in [2.24, 2.45) is 4.99 Å². The summed E-state index contributed by atoms with van der Waals surface area (Å²) < 4.78 is 26.8. The Morgan fingerprint density at radius 3 is 2.48 bits per heavy atom. The zero-order chi connectivity index (χ0) is 19.0. The van der Waals surface area contributed by atoms with Gasteiger partial charge in [-0.1, -0.05) is 13.0 Å². The number of hydrogen-bond donors (Lipinski definition) is 3. The van der Waals surface area contributed by atoms with E-state index >= 15 is 0 Å². The number of halogens is 2. The van der Waals surface area contributed by atoms with Crippen molar-refractivity contribution in [3.05, 3.63) is 35.4 Å². The summed E-state index contributed by atoms with van der Waals surface area (Å²) in [6.45, 7) is 10.5. The molecule has 0 aromatic heterocycles. The Labute approximate surface area is 148 Å². The molecule has 0 aliphatic rings. The van der Waals surface area contributed by atoms with Crippen LogP contribution in [0.15, 0.2) is 23.2 Å². The third kappa shape index (κ3) is 7.96. The summed E-state index contributed by atoms with van der Waals surface area (Å²) in [5.41, 5.74) is 0.114. The molecule has 0 spiro atoms. The molecule has 7 heteroatoms. The molecule has 1 atom stereocenters. The Kier molecular flexibility index (Phi) is 7.80. The van der Waals surface area contributed by atoms with Crippen LogP contribution >= 0.6 is 0 Å². The first-order chi connectivity index (χ1) is 11.6. The maximum Gasteiger partial charge on any atom is 0.242 e. The number of hydrogen-bond acceptors (Lipinski definition) is 2. The van der Waals surface area contributed by atoms with E-state index in [1.165, 1.54) is 12.1 Å². The van der Waals surface area contributed by atoms with E-state index in [0.29, 0.717) is 24.6 Å². The van der Waals surface area contributed by atoms with E-state index in [0.717, 1.165) is 6.07 Å². The smallest absolute Gasteiger partial charge is 0.242 e. The molecule has 0 heterocycles. The number of carbonyl (C=O) groups excluding carboxylic acids is 1. The van der Waals surface area contributed by atoms with Gasteiger partial charge in [-0.05, 0) is 39.3 Å². The quantitative estimate of drug-likeness (QED) is 0.543. The largest absolute Gasteiger partial charge is 0.357 e. The summed E-state index contributed by atoms with van der Waals surface area (Å²) in [6.07, 6.45) is 0. The third-order valence-corrected chi connectivity index (χ3v) is 3.31. The van der Waals surface area contributed by atoms with Crippen LogP contribution in [0.5, 0.6) is 0 Å². The molecule has 1 unspecified atom stereocenters. The summed E-state index contributed by atoms with van der Waals surface area (Å²) in [5, 5.41) is 8.95. The van der Waals surface area contributed by atoms with Crippen molar-refractivity contribution in [2.45, 2.75) is 46.1 Å². The van der Waals surface area contributed by atoms with Gasteiger partial charge in [0, 0.05) is 30.6 Å². The molecule has 0 saturated carbocycles. The van der Waals surface area contributed by atoms with Crippen LogP contribution < -0.4 is 16.0 Å². The highest BCUT2D eigenvalue weighted by molar-refractivity contribution is 5.85. The van der Waals surface area contributed by atoms with Crippen LogP contribution in [0.3, 0.4) is 0 Å². The lowest BCUT2D eigenvalue weighted by atomic mass is 10.0. The fourth-order valence-corrected chi connectivity index (χ4v) is 2.21. The van der Waals surface area contributed by atoms with Crippen molar-refractivity contribution in [1.82, 2.24) is 16.0 Å². The molecule has 140 valence electrons. The van der Waals surface area contributed by atoms with Gasteiger partial charge in [-0.15, -0.1) is 0 Å². The Hall–Kier alpha value is -2.18.